The highest BCUT2D eigenvalue weighted by Gasteiger charge is 2.32. The number of rotatable bonds is 6. The van der Waals surface area contributed by atoms with Crippen molar-refractivity contribution in [1.82, 2.24) is 19.9 Å². The topological polar surface area (TPSA) is 111 Å². The lowest BCUT2D eigenvalue weighted by molar-refractivity contribution is -0.211. The average molecular weight is 424 g/mol. The minimum Gasteiger partial charge on any atom is -0.354 e. The van der Waals surface area contributed by atoms with Crippen molar-refractivity contribution in [3.05, 3.63) is 48.2 Å². The number of H-pyrrole nitrogens is 1. The van der Waals surface area contributed by atoms with Crippen LogP contribution in [0.25, 0.3) is 22.6 Å². The summed E-state index contributed by atoms with van der Waals surface area (Å²) < 4.78 is 25.1. The summed E-state index contributed by atoms with van der Waals surface area (Å²) in [6.07, 6.45) is 3.53. The van der Waals surface area contributed by atoms with E-state index in [1.807, 2.05) is 13.0 Å². The Bertz CT molecular complexity index is 1050. The van der Waals surface area contributed by atoms with Crippen LogP contribution in [0.5, 0.6) is 0 Å². The van der Waals surface area contributed by atoms with E-state index in [4.69, 9.17) is 20.2 Å². The molecule has 3 heterocycles. The fourth-order valence-corrected chi connectivity index (χ4v) is 3.43. The second-order valence-corrected chi connectivity index (χ2v) is 8.55. The zero-order chi connectivity index (χ0) is 21.4. The van der Waals surface area contributed by atoms with E-state index in [0.717, 1.165) is 12.1 Å². The number of nitrogens with one attached hydrogen (secondary N) is 2. The smallest absolute Gasteiger partial charge is 0.223 e. The molecule has 0 atom stereocenters. The van der Waals surface area contributed by atoms with Gasteiger partial charge in [-0.3, -0.25) is 0 Å². The maximum Gasteiger partial charge on any atom is 0.223 e. The molecular formula is C22H25FN6O2. The van der Waals surface area contributed by atoms with Gasteiger partial charge in [0.1, 0.15) is 5.82 Å². The lowest BCUT2D eigenvalue weighted by Crippen LogP contribution is -2.50. The van der Waals surface area contributed by atoms with E-state index in [-0.39, 0.29) is 5.82 Å². The van der Waals surface area contributed by atoms with Gasteiger partial charge in [-0.2, -0.15) is 0 Å². The highest BCUT2D eigenvalue weighted by molar-refractivity contribution is 5.77. The Labute approximate surface area is 179 Å². The van der Waals surface area contributed by atoms with Gasteiger partial charge in [-0.05, 0) is 56.0 Å². The number of aromatic nitrogens is 4. The molecule has 1 saturated heterocycles. The molecule has 2 aliphatic rings. The molecule has 5 rings (SSSR count). The van der Waals surface area contributed by atoms with Crippen LogP contribution in [0.1, 0.15) is 31.9 Å². The highest BCUT2D eigenvalue weighted by atomic mass is 19.1. The molecule has 162 valence electrons. The zero-order valence-corrected chi connectivity index (χ0v) is 17.3. The molecule has 1 saturated carbocycles. The number of anilines is 1. The van der Waals surface area contributed by atoms with Crippen LogP contribution in [-0.4, -0.2) is 45.2 Å². The van der Waals surface area contributed by atoms with E-state index < -0.39 is 11.8 Å². The summed E-state index contributed by atoms with van der Waals surface area (Å²) in [5, 5.41) is 3.29. The van der Waals surface area contributed by atoms with Crippen molar-refractivity contribution < 1.29 is 13.9 Å². The predicted molar refractivity (Wildman–Crippen MR) is 113 cm³/mol. The Balaban J connectivity index is 1.49. The van der Waals surface area contributed by atoms with Crippen molar-refractivity contribution in [3.63, 3.8) is 0 Å². The zero-order valence-electron chi connectivity index (χ0n) is 17.3. The Morgan fingerprint density at radius 3 is 2.61 bits per heavy atom. The Morgan fingerprint density at radius 1 is 1.16 bits per heavy atom. The molecule has 3 aromatic rings. The fraction of sp³-hybridized carbons (Fsp3) is 0.409. The lowest BCUT2D eigenvalue weighted by atomic mass is 10.1. The molecule has 2 aromatic heterocycles. The van der Waals surface area contributed by atoms with Gasteiger partial charge >= 0.3 is 0 Å². The van der Waals surface area contributed by atoms with Crippen LogP contribution in [0.4, 0.5) is 10.3 Å². The number of hydrogen-bond donors (Lipinski definition) is 3. The molecule has 1 aliphatic heterocycles. The summed E-state index contributed by atoms with van der Waals surface area (Å²) in [5.74, 6) is 1.47. The molecule has 0 bridgehead atoms. The van der Waals surface area contributed by atoms with Gasteiger partial charge in [0.05, 0.1) is 35.8 Å². The van der Waals surface area contributed by atoms with Gasteiger partial charge in [0.2, 0.25) is 12.2 Å². The molecule has 4 N–H and O–H groups in total. The first-order valence-corrected chi connectivity index (χ1v) is 10.4. The summed E-state index contributed by atoms with van der Waals surface area (Å²) in [6, 6.07) is 8.00. The SMILES string of the molecule is CC1(N)COC(c2nc(-c3ccc(F)cc3)c(-c3ccnc(NCC4CC4)n3)[nH]2)OC1. The summed E-state index contributed by atoms with van der Waals surface area (Å²) in [5.41, 5.74) is 8.29. The lowest BCUT2D eigenvalue weighted by Gasteiger charge is -2.33. The van der Waals surface area contributed by atoms with Crippen LogP contribution in [-0.2, 0) is 9.47 Å². The van der Waals surface area contributed by atoms with Gasteiger partial charge in [-0.15, -0.1) is 0 Å². The highest BCUT2D eigenvalue weighted by Crippen LogP contribution is 2.34. The van der Waals surface area contributed by atoms with Gasteiger partial charge in [0, 0.05) is 18.3 Å². The minimum absolute atomic E-state index is 0.309. The van der Waals surface area contributed by atoms with E-state index >= 15 is 0 Å². The van der Waals surface area contributed by atoms with Crippen molar-refractivity contribution in [2.24, 2.45) is 11.7 Å². The van der Waals surface area contributed by atoms with E-state index in [2.05, 4.69) is 20.3 Å². The summed E-state index contributed by atoms with van der Waals surface area (Å²) in [4.78, 5) is 17.0. The first kappa shape index (κ1) is 20.0. The van der Waals surface area contributed by atoms with E-state index in [9.17, 15) is 4.39 Å². The Kier molecular flexibility index (Phi) is 5.17. The first-order valence-electron chi connectivity index (χ1n) is 10.4. The van der Waals surface area contributed by atoms with E-state index in [1.54, 1.807) is 18.3 Å². The van der Waals surface area contributed by atoms with Crippen LogP contribution in [0.2, 0.25) is 0 Å². The van der Waals surface area contributed by atoms with Crippen molar-refractivity contribution in [2.45, 2.75) is 31.6 Å². The van der Waals surface area contributed by atoms with Crippen LogP contribution >= 0.6 is 0 Å². The molecule has 8 nitrogen and oxygen atoms in total. The molecule has 1 aliphatic carbocycles. The fourth-order valence-electron chi connectivity index (χ4n) is 3.43. The maximum atomic E-state index is 13.5. The Hall–Kier alpha value is -2.88. The molecule has 0 amide bonds. The molecule has 0 spiro atoms. The number of aromatic amines is 1. The van der Waals surface area contributed by atoms with Crippen molar-refractivity contribution >= 4 is 5.95 Å². The molecule has 2 fully saturated rings. The number of hydrogen-bond acceptors (Lipinski definition) is 7. The Morgan fingerprint density at radius 2 is 1.90 bits per heavy atom. The standard InChI is InChI=1S/C22H25FN6O2/c1-22(24)11-30-20(31-12-22)19-28-17(14-4-6-15(23)7-5-14)18(29-19)16-8-9-25-21(27-16)26-10-13-2-3-13/h4-9,13,20H,2-3,10-12,24H2,1H3,(H,28,29)(H,25,26,27). The number of benzene rings is 1. The van der Waals surface area contributed by atoms with E-state index in [1.165, 1.54) is 25.0 Å². The molecule has 31 heavy (non-hydrogen) atoms. The second kappa shape index (κ2) is 7.99. The first-order chi connectivity index (χ1) is 15.0. The summed E-state index contributed by atoms with van der Waals surface area (Å²) in [6.45, 7) is 3.44. The third kappa shape index (κ3) is 4.58. The number of halogens is 1. The van der Waals surface area contributed by atoms with Crippen LogP contribution in [0.3, 0.4) is 0 Å². The number of ether oxygens (including phenoxy) is 2. The third-order valence-corrected chi connectivity index (χ3v) is 5.35. The molecule has 1 aromatic carbocycles. The quantitative estimate of drug-likeness (QED) is 0.557. The normalized spacial score (nSPS) is 23.6. The summed E-state index contributed by atoms with van der Waals surface area (Å²) in [7, 11) is 0. The molecule has 0 unspecified atom stereocenters. The number of nitrogens with zero attached hydrogens (tertiary/aromatic N) is 3. The summed E-state index contributed by atoms with van der Waals surface area (Å²) >= 11 is 0. The molecule has 0 radical (unpaired) electrons. The average Bonchev–Trinajstić information content (AvgIpc) is 3.50. The monoisotopic (exact) mass is 424 g/mol. The van der Waals surface area contributed by atoms with Crippen LogP contribution in [0.15, 0.2) is 36.5 Å². The van der Waals surface area contributed by atoms with Gasteiger partial charge in [-0.1, -0.05) is 0 Å². The second-order valence-electron chi connectivity index (χ2n) is 8.55. The minimum atomic E-state index is -0.668. The number of nitrogens with two attached hydrogens (primary N) is 1. The van der Waals surface area contributed by atoms with Crippen LogP contribution in [0, 0.1) is 11.7 Å². The predicted octanol–water partition coefficient (Wildman–Crippen LogP) is 3.26. The maximum absolute atomic E-state index is 13.5. The number of imidazole rings is 1. The van der Waals surface area contributed by atoms with Gasteiger partial charge < -0.3 is 25.5 Å². The van der Waals surface area contributed by atoms with E-state index in [0.29, 0.717) is 48.0 Å². The van der Waals surface area contributed by atoms with Crippen molar-refractivity contribution in [2.75, 3.05) is 25.1 Å². The van der Waals surface area contributed by atoms with Gasteiger partial charge in [0.25, 0.3) is 0 Å². The van der Waals surface area contributed by atoms with Crippen molar-refractivity contribution in [3.8, 4) is 22.6 Å². The van der Waals surface area contributed by atoms with Gasteiger partial charge in [0.15, 0.2) is 5.82 Å². The largest absolute Gasteiger partial charge is 0.354 e. The molecular weight excluding hydrogens is 399 g/mol. The third-order valence-electron chi connectivity index (χ3n) is 5.35. The van der Waals surface area contributed by atoms with Gasteiger partial charge in [-0.25, -0.2) is 19.3 Å². The van der Waals surface area contributed by atoms with Crippen LogP contribution < -0.4 is 11.1 Å². The van der Waals surface area contributed by atoms with Crippen molar-refractivity contribution in [1.29, 1.82) is 0 Å². The molecule has 9 heteroatoms.